The molecule has 4 heteroatoms. The molecule has 0 amide bonds. The molecular weight excluding hydrogens is 303 g/mol. The predicted molar refractivity (Wildman–Crippen MR) is 90.6 cm³/mol. The van der Waals surface area contributed by atoms with Crippen LogP contribution in [0.1, 0.15) is 31.7 Å². The van der Waals surface area contributed by atoms with Crippen molar-refractivity contribution in [3.63, 3.8) is 0 Å². The van der Waals surface area contributed by atoms with Crippen LogP contribution in [-0.4, -0.2) is 47.6 Å². The van der Waals surface area contributed by atoms with Gasteiger partial charge in [0.15, 0.2) is 6.30 Å². The quantitative estimate of drug-likeness (QED) is 0.803. The van der Waals surface area contributed by atoms with E-state index in [1.807, 2.05) is 0 Å². The van der Waals surface area contributed by atoms with Crippen LogP contribution in [0.3, 0.4) is 0 Å². The van der Waals surface area contributed by atoms with E-state index in [2.05, 4.69) is 48.0 Å². The number of aliphatic hydroxyl groups excluding tert-OH is 1. The molecule has 4 saturated heterocycles. The normalized spacial score (nSPS) is 55.8. The van der Waals surface area contributed by atoms with Gasteiger partial charge in [-0.25, -0.2) is 4.39 Å². The van der Waals surface area contributed by atoms with Crippen molar-refractivity contribution < 1.29 is 9.50 Å². The number of fused-ring (bicyclic) bond motifs is 2. The number of hydrogen-bond donors (Lipinski definition) is 1. The van der Waals surface area contributed by atoms with Crippen molar-refractivity contribution in [1.29, 1.82) is 0 Å². The van der Waals surface area contributed by atoms with E-state index >= 15 is 4.39 Å². The second-order valence-electron chi connectivity index (χ2n) is 8.77. The molecule has 5 fully saturated rings. The molecule has 1 aromatic carbocycles. The molecule has 7 rings (SSSR count). The number of likely N-dealkylation sites (N-methyl/N-ethyl adjacent to an activating group) is 1. The van der Waals surface area contributed by atoms with Gasteiger partial charge in [0.25, 0.3) is 0 Å². The van der Waals surface area contributed by atoms with Gasteiger partial charge in [-0.1, -0.05) is 25.1 Å². The molecule has 1 aromatic rings. The Bertz CT molecular complexity index is 725. The van der Waals surface area contributed by atoms with E-state index in [1.54, 1.807) is 0 Å². The topological polar surface area (TPSA) is 26.7 Å². The number of hydrogen-bond acceptors (Lipinski definition) is 3. The summed E-state index contributed by atoms with van der Waals surface area (Å²) in [7, 11) is 2.15. The van der Waals surface area contributed by atoms with Crippen molar-refractivity contribution in [2.45, 2.75) is 62.1 Å². The Morgan fingerprint density at radius 2 is 2.08 bits per heavy atom. The summed E-state index contributed by atoms with van der Waals surface area (Å²) in [5, 5.41) is 11.6. The maximum atomic E-state index is 15.3. The first-order valence-corrected chi connectivity index (χ1v) is 9.53. The highest BCUT2D eigenvalue weighted by Crippen LogP contribution is 2.69. The van der Waals surface area contributed by atoms with Gasteiger partial charge >= 0.3 is 0 Å². The van der Waals surface area contributed by atoms with Gasteiger partial charge in [0.2, 0.25) is 0 Å². The number of benzene rings is 1. The maximum absolute atomic E-state index is 15.3. The average molecular weight is 328 g/mol. The van der Waals surface area contributed by atoms with E-state index in [0.29, 0.717) is 5.92 Å². The lowest BCUT2D eigenvalue weighted by Gasteiger charge is -2.61. The van der Waals surface area contributed by atoms with E-state index in [0.717, 1.165) is 19.3 Å². The Kier molecular flexibility index (Phi) is 2.44. The zero-order valence-corrected chi connectivity index (χ0v) is 14.3. The fraction of sp³-hybridized carbons (Fsp3) is 0.700. The number of anilines is 1. The third-order valence-corrected chi connectivity index (χ3v) is 8.41. The third kappa shape index (κ3) is 1.20. The SMILES string of the molecule is CCC1C2CC3[C@@H]4N(C)c5ccccc5C45CC(C2C5O)N3C1F. The monoisotopic (exact) mass is 328 g/mol. The Labute approximate surface area is 142 Å². The van der Waals surface area contributed by atoms with Crippen molar-refractivity contribution in [2.75, 3.05) is 11.9 Å². The Morgan fingerprint density at radius 3 is 2.88 bits per heavy atom. The summed E-state index contributed by atoms with van der Waals surface area (Å²) in [6.45, 7) is 2.11. The lowest BCUT2D eigenvalue weighted by Crippen LogP contribution is -2.71. The molecule has 128 valence electrons. The highest BCUT2D eigenvalue weighted by atomic mass is 19.1. The van der Waals surface area contributed by atoms with Gasteiger partial charge in [-0.3, -0.25) is 4.90 Å². The van der Waals surface area contributed by atoms with Crippen molar-refractivity contribution in [3.8, 4) is 0 Å². The summed E-state index contributed by atoms with van der Waals surface area (Å²) in [5.41, 5.74) is 2.38. The summed E-state index contributed by atoms with van der Waals surface area (Å²) < 4.78 is 15.3. The zero-order chi connectivity index (χ0) is 16.4. The van der Waals surface area contributed by atoms with Gasteiger partial charge in [-0.2, -0.15) is 0 Å². The van der Waals surface area contributed by atoms with Crippen LogP contribution in [0.2, 0.25) is 0 Å². The molecule has 1 aliphatic carbocycles. The minimum Gasteiger partial charge on any atom is -0.392 e. The van der Waals surface area contributed by atoms with Crippen LogP contribution in [0.25, 0.3) is 0 Å². The predicted octanol–water partition coefficient (Wildman–Crippen LogP) is 2.53. The van der Waals surface area contributed by atoms with E-state index in [9.17, 15) is 5.11 Å². The van der Waals surface area contributed by atoms with Crippen molar-refractivity contribution in [2.24, 2.45) is 17.8 Å². The molecule has 0 radical (unpaired) electrons. The molecule has 5 heterocycles. The number of rotatable bonds is 1. The van der Waals surface area contributed by atoms with Gasteiger partial charge in [-0.15, -0.1) is 0 Å². The number of alkyl halides is 1. The number of piperidine rings is 4. The van der Waals surface area contributed by atoms with Crippen LogP contribution in [-0.2, 0) is 5.41 Å². The largest absolute Gasteiger partial charge is 0.392 e. The van der Waals surface area contributed by atoms with E-state index < -0.39 is 6.30 Å². The molecule has 1 N–H and O–H groups in total. The molecular formula is C20H25FN2O. The van der Waals surface area contributed by atoms with Crippen LogP contribution in [0.15, 0.2) is 24.3 Å². The van der Waals surface area contributed by atoms with Gasteiger partial charge < -0.3 is 10.0 Å². The van der Waals surface area contributed by atoms with Gasteiger partial charge in [0, 0.05) is 42.1 Å². The fourth-order valence-corrected chi connectivity index (χ4v) is 7.82. The lowest BCUT2D eigenvalue weighted by molar-refractivity contribution is -0.181. The molecule has 10 atom stereocenters. The fourth-order valence-electron chi connectivity index (χ4n) is 7.82. The Hall–Kier alpha value is -1.13. The van der Waals surface area contributed by atoms with Crippen LogP contribution in [0.4, 0.5) is 10.1 Å². The Morgan fingerprint density at radius 1 is 1.29 bits per heavy atom. The van der Waals surface area contributed by atoms with E-state index in [4.69, 9.17) is 0 Å². The third-order valence-electron chi connectivity index (χ3n) is 8.41. The van der Waals surface area contributed by atoms with Crippen LogP contribution in [0.5, 0.6) is 0 Å². The maximum Gasteiger partial charge on any atom is 0.157 e. The summed E-state index contributed by atoms with van der Waals surface area (Å²) in [6.07, 6.45) is 1.71. The standard InChI is InChI=1S/C20H25FN2O/c1-3-10-11-8-14-17-20(12-6-4-5-7-13(12)22(17)2)9-15(16(11)18(20)24)23(14)19(10)21/h4-7,10-11,14-19,24H,3,8-9H2,1-2H3/t10?,11?,14?,15?,16?,17-,18?,19?,20?/m0/s1. The van der Waals surface area contributed by atoms with Crippen molar-refractivity contribution in [3.05, 3.63) is 29.8 Å². The van der Waals surface area contributed by atoms with Crippen LogP contribution < -0.4 is 4.90 Å². The molecule has 5 bridgehead atoms. The average Bonchev–Trinajstić information content (AvgIpc) is 2.97. The molecule has 5 aliphatic heterocycles. The number of aliphatic hydroxyl groups is 1. The van der Waals surface area contributed by atoms with Gasteiger partial charge in [0.05, 0.1) is 12.1 Å². The molecule has 3 nitrogen and oxygen atoms in total. The Balaban J connectivity index is 1.60. The lowest BCUT2D eigenvalue weighted by atomic mass is 9.63. The molecule has 6 aliphatic rings. The smallest absolute Gasteiger partial charge is 0.157 e. The first-order valence-electron chi connectivity index (χ1n) is 9.53. The van der Waals surface area contributed by atoms with Crippen molar-refractivity contribution >= 4 is 5.69 Å². The number of para-hydroxylation sites is 1. The first-order chi connectivity index (χ1) is 11.6. The summed E-state index contributed by atoms with van der Waals surface area (Å²) in [4.78, 5) is 4.55. The molecule has 24 heavy (non-hydrogen) atoms. The number of nitrogens with zero attached hydrogens (tertiary/aromatic N) is 2. The first kappa shape index (κ1) is 14.1. The minimum atomic E-state index is -0.819. The summed E-state index contributed by atoms with van der Waals surface area (Å²) in [5.74, 6) is 0.708. The zero-order valence-electron chi connectivity index (χ0n) is 14.3. The highest BCUT2D eigenvalue weighted by Gasteiger charge is 2.76. The molecule has 9 unspecified atom stereocenters. The van der Waals surface area contributed by atoms with E-state index in [1.165, 1.54) is 11.3 Å². The van der Waals surface area contributed by atoms with Crippen molar-refractivity contribution in [1.82, 2.24) is 4.90 Å². The van der Waals surface area contributed by atoms with Crippen LogP contribution in [0, 0.1) is 17.8 Å². The second kappa shape index (κ2) is 4.16. The highest BCUT2D eigenvalue weighted by molar-refractivity contribution is 5.67. The van der Waals surface area contributed by atoms with Gasteiger partial charge in [-0.05, 0) is 36.8 Å². The summed E-state index contributed by atoms with van der Waals surface area (Å²) in [6, 6.07) is 9.26. The molecule has 1 saturated carbocycles. The second-order valence-corrected chi connectivity index (χ2v) is 8.77. The van der Waals surface area contributed by atoms with E-state index in [-0.39, 0.29) is 41.5 Å². The minimum absolute atomic E-state index is 0.103. The molecule has 0 aromatic heterocycles. The van der Waals surface area contributed by atoms with Gasteiger partial charge in [0.1, 0.15) is 0 Å². The molecule has 1 spiro atoms. The van der Waals surface area contributed by atoms with Crippen LogP contribution >= 0.6 is 0 Å². The summed E-state index contributed by atoms with van der Waals surface area (Å²) >= 11 is 0. The number of halogens is 1.